The van der Waals surface area contributed by atoms with Gasteiger partial charge in [0.05, 0.1) is 0 Å². The van der Waals surface area contributed by atoms with Gasteiger partial charge in [0, 0.05) is 0 Å². The third-order valence-corrected chi connectivity index (χ3v) is 8.64. The first-order valence-electron chi connectivity index (χ1n) is 12.3. The molecule has 6 unspecified atom stereocenters. The monoisotopic (exact) mass is 376 g/mol. The molecule has 1 saturated carbocycles. The third kappa shape index (κ3) is 6.64. The van der Waals surface area contributed by atoms with Crippen molar-refractivity contribution in [3.05, 3.63) is 12.2 Å². The van der Waals surface area contributed by atoms with E-state index >= 15 is 0 Å². The molecule has 0 aromatic heterocycles. The molecule has 0 bridgehead atoms. The summed E-state index contributed by atoms with van der Waals surface area (Å²) in [5.74, 6) is 4.51. The van der Waals surface area contributed by atoms with Crippen LogP contribution in [-0.4, -0.2) is 0 Å². The molecule has 0 amide bonds. The lowest BCUT2D eigenvalue weighted by Crippen LogP contribution is -2.30. The van der Waals surface area contributed by atoms with E-state index in [-0.39, 0.29) is 0 Å². The highest BCUT2D eigenvalue weighted by Gasteiger charge is 2.48. The number of allylic oxidation sites excluding steroid dienone is 2. The van der Waals surface area contributed by atoms with Gasteiger partial charge in [0.2, 0.25) is 0 Å². The Kier molecular flexibility index (Phi) is 10.2. The van der Waals surface area contributed by atoms with Crippen LogP contribution in [0.3, 0.4) is 0 Å². The number of hydrogen-bond donors (Lipinski definition) is 0. The second-order valence-electron chi connectivity index (χ2n) is 10.9. The standard InChI is InChI=1S/C27H52/c1-10-14-15-17-26(8,13-4)18-16-23(21(5)6)20-27(9)19-22(7)24(11-2)25(27)12-3/h10,14,21-25H,11-13,15-20H2,1-9H3. The molecule has 0 aromatic carbocycles. The smallest absolute Gasteiger partial charge is 0.0290 e. The molecule has 0 heterocycles. The van der Waals surface area contributed by atoms with Crippen molar-refractivity contribution in [3.8, 4) is 0 Å². The van der Waals surface area contributed by atoms with E-state index in [2.05, 4.69) is 74.5 Å². The van der Waals surface area contributed by atoms with Crippen LogP contribution in [-0.2, 0) is 0 Å². The second-order valence-corrected chi connectivity index (χ2v) is 10.9. The zero-order chi connectivity index (χ0) is 20.7. The van der Waals surface area contributed by atoms with E-state index < -0.39 is 0 Å². The molecule has 27 heavy (non-hydrogen) atoms. The van der Waals surface area contributed by atoms with Crippen LogP contribution in [0.25, 0.3) is 0 Å². The van der Waals surface area contributed by atoms with Gasteiger partial charge in [-0.25, -0.2) is 0 Å². The van der Waals surface area contributed by atoms with Gasteiger partial charge in [0.1, 0.15) is 0 Å². The van der Waals surface area contributed by atoms with Gasteiger partial charge >= 0.3 is 0 Å². The fourth-order valence-electron chi connectivity index (χ4n) is 6.55. The average Bonchev–Trinajstić information content (AvgIpc) is 2.87. The molecule has 0 spiro atoms. The van der Waals surface area contributed by atoms with E-state index in [4.69, 9.17) is 0 Å². The summed E-state index contributed by atoms with van der Waals surface area (Å²) < 4.78 is 0. The van der Waals surface area contributed by atoms with Crippen molar-refractivity contribution in [1.29, 1.82) is 0 Å². The Bertz CT molecular complexity index is 433. The highest BCUT2D eigenvalue weighted by Crippen LogP contribution is 2.56. The summed E-state index contributed by atoms with van der Waals surface area (Å²) >= 11 is 0. The Balaban J connectivity index is 2.81. The molecule has 0 aliphatic heterocycles. The summed E-state index contributed by atoms with van der Waals surface area (Å²) in [6.45, 7) is 22.1. The molecule has 1 fully saturated rings. The lowest BCUT2D eigenvalue weighted by molar-refractivity contribution is 0.109. The molecule has 0 radical (unpaired) electrons. The molecule has 0 heteroatoms. The minimum atomic E-state index is 0.520. The van der Waals surface area contributed by atoms with Crippen molar-refractivity contribution in [3.63, 3.8) is 0 Å². The minimum Gasteiger partial charge on any atom is -0.0917 e. The van der Waals surface area contributed by atoms with E-state index in [1.54, 1.807) is 0 Å². The quantitative estimate of drug-likeness (QED) is 0.298. The summed E-state index contributed by atoms with van der Waals surface area (Å²) in [5.41, 5.74) is 1.09. The van der Waals surface area contributed by atoms with Gasteiger partial charge in [-0.1, -0.05) is 86.8 Å². The maximum absolute atomic E-state index is 2.65. The highest BCUT2D eigenvalue weighted by molar-refractivity contribution is 4.97. The molecule has 1 rings (SSSR count). The number of hydrogen-bond acceptors (Lipinski definition) is 0. The fourth-order valence-corrected chi connectivity index (χ4v) is 6.55. The van der Waals surface area contributed by atoms with Crippen LogP contribution in [0, 0.1) is 40.4 Å². The Morgan fingerprint density at radius 2 is 1.78 bits per heavy atom. The van der Waals surface area contributed by atoms with Crippen molar-refractivity contribution < 1.29 is 0 Å². The van der Waals surface area contributed by atoms with E-state index in [1.165, 1.54) is 57.8 Å². The molecule has 0 N–H and O–H groups in total. The predicted octanol–water partition coefficient (Wildman–Crippen LogP) is 9.30. The third-order valence-electron chi connectivity index (χ3n) is 8.64. The van der Waals surface area contributed by atoms with Gasteiger partial charge in [0.25, 0.3) is 0 Å². The zero-order valence-electron chi connectivity index (χ0n) is 20.4. The van der Waals surface area contributed by atoms with Crippen LogP contribution in [0.1, 0.15) is 120 Å². The molecule has 160 valence electrons. The maximum atomic E-state index is 2.65. The highest BCUT2D eigenvalue weighted by atomic mass is 14.5. The summed E-state index contributed by atoms with van der Waals surface area (Å²) in [6.07, 6.45) is 17.0. The Morgan fingerprint density at radius 1 is 1.11 bits per heavy atom. The normalized spacial score (nSPS) is 32.3. The first-order chi connectivity index (χ1) is 12.7. The molecule has 1 aliphatic rings. The van der Waals surface area contributed by atoms with Crippen LogP contribution in [0.4, 0.5) is 0 Å². The topological polar surface area (TPSA) is 0 Å². The molecule has 0 saturated heterocycles. The van der Waals surface area contributed by atoms with Gasteiger partial charge in [-0.05, 0) is 85.9 Å². The molecule has 0 aromatic rings. The summed E-state index contributed by atoms with van der Waals surface area (Å²) in [6, 6.07) is 0. The van der Waals surface area contributed by atoms with Crippen LogP contribution in [0.5, 0.6) is 0 Å². The van der Waals surface area contributed by atoms with E-state index in [0.717, 1.165) is 29.6 Å². The van der Waals surface area contributed by atoms with Gasteiger partial charge in [-0.3, -0.25) is 0 Å². The molecule has 1 aliphatic carbocycles. The van der Waals surface area contributed by atoms with Gasteiger partial charge < -0.3 is 0 Å². The first kappa shape index (κ1) is 24.8. The second kappa shape index (κ2) is 11.1. The predicted molar refractivity (Wildman–Crippen MR) is 124 cm³/mol. The van der Waals surface area contributed by atoms with Crippen molar-refractivity contribution >= 4 is 0 Å². The van der Waals surface area contributed by atoms with Crippen LogP contribution >= 0.6 is 0 Å². The average molecular weight is 377 g/mol. The van der Waals surface area contributed by atoms with Gasteiger partial charge in [-0.2, -0.15) is 0 Å². The van der Waals surface area contributed by atoms with Crippen LogP contribution < -0.4 is 0 Å². The molecular formula is C27H52. The Morgan fingerprint density at radius 3 is 2.26 bits per heavy atom. The van der Waals surface area contributed by atoms with E-state index in [9.17, 15) is 0 Å². The fraction of sp³-hybridized carbons (Fsp3) is 0.926. The van der Waals surface area contributed by atoms with Crippen LogP contribution in [0.15, 0.2) is 12.2 Å². The SMILES string of the molecule is CC=CCCC(C)(CC)CCC(CC1(C)CC(C)C(CC)C1CC)C(C)C. The Labute approximate surface area is 173 Å². The molecule has 0 nitrogen and oxygen atoms in total. The van der Waals surface area contributed by atoms with Gasteiger partial charge in [0.15, 0.2) is 0 Å². The van der Waals surface area contributed by atoms with Crippen molar-refractivity contribution in [2.24, 2.45) is 40.4 Å². The minimum absolute atomic E-state index is 0.520. The molecule has 6 atom stereocenters. The first-order valence-corrected chi connectivity index (χ1v) is 12.3. The van der Waals surface area contributed by atoms with Crippen LogP contribution in [0.2, 0.25) is 0 Å². The van der Waals surface area contributed by atoms with Crippen molar-refractivity contribution in [1.82, 2.24) is 0 Å². The Hall–Kier alpha value is -0.260. The molecular weight excluding hydrogens is 324 g/mol. The van der Waals surface area contributed by atoms with Crippen molar-refractivity contribution in [2.75, 3.05) is 0 Å². The lowest BCUT2D eigenvalue weighted by atomic mass is 9.66. The summed E-state index contributed by atoms with van der Waals surface area (Å²) in [5, 5.41) is 0. The summed E-state index contributed by atoms with van der Waals surface area (Å²) in [4.78, 5) is 0. The van der Waals surface area contributed by atoms with Gasteiger partial charge in [-0.15, -0.1) is 0 Å². The zero-order valence-corrected chi connectivity index (χ0v) is 20.4. The summed E-state index contributed by atoms with van der Waals surface area (Å²) in [7, 11) is 0. The lowest BCUT2D eigenvalue weighted by Gasteiger charge is -2.39. The van der Waals surface area contributed by atoms with E-state index in [1.807, 2.05) is 0 Å². The van der Waals surface area contributed by atoms with Crippen molar-refractivity contribution in [2.45, 2.75) is 120 Å². The van der Waals surface area contributed by atoms with E-state index in [0.29, 0.717) is 10.8 Å². The maximum Gasteiger partial charge on any atom is -0.0290 e. The number of rotatable bonds is 12. The largest absolute Gasteiger partial charge is 0.0917 e.